The number of hydrogen-bond acceptors (Lipinski definition) is 4. The molecule has 0 unspecified atom stereocenters. The van der Waals surface area contributed by atoms with Crippen molar-refractivity contribution in [2.75, 3.05) is 0 Å². The Morgan fingerprint density at radius 3 is 2.38 bits per heavy atom. The molecule has 5 heteroatoms. The first-order chi connectivity index (χ1) is 12.2. The van der Waals surface area contributed by atoms with Crippen molar-refractivity contribution < 1.29 is 9.90 Å². The largest absolute Gasteiger partial charge is 0.507 e. The number of hydrazone groups is 1. The van der Waals surface area contributed by atoms with E-state index in [4.69, 9.17) is 0 Å². The zero-order valence-corrected chi connectivity index (χ0v) is 17.2. The van der Waals surface area contributed by atoms with Crippen LogP contribution in [-0.4, -0.2) is 16.7 Å². The highest BCUT2D eigenvalue weighted by Crippen LogP contribution is 2.33. The van der Waals surface area contributed by atoms with Crippen molar-refractivity contribution in [1.82, 2.24) is 5.43 Å². The minimum absolute atomic E-state index is 0.0436. The van der Waals surface area contributed by atoms with Gasteiger partial charge in [-0.3, -0.25) is 4.79 Å². The van der Waals surface area contributed by atoms with Gasteiger partial charge in [-0.05, 0) is 54.5 Å². The molecule has 140 valence electrons. The van der Waals surface area contributed by atoms with Crippen LogP contribution >= 0.6 is 11.3 Å². The number of thiophene rings is 1. The molecular formula is C21H28N2O2S. The van der Waals surface area contributed by atoms with E-state index in [0.29, 0.717) is 0 Å². The van der Waals surface area contributed by atoms with Gasteiger partial charge in [0.15, 0.2) is 0 Å². The Morgan fingerprint density at radius 2 is 1.88 bits per heavy atom. The second-order valence-electron chi connectivity index (χ2n) is 7.08. The van der Waals surface area contributed by atoms with Crippen LogP contribution in [0.5, 0.6) is 5.75 Å². The Kier molecular flexibility index (Phi) is 6.59. The second kappa shape index (κ2) is 8.49. The van der Waals surface area contributed by atoms with Crippen LogP contribution < -0.4 is 5.43 Å². The number of rotatable bonds is 6. The summed E-state index contributed by atoms with van der Waals surface area (Å²) < 4.78 is 0. The van der Waals surface area contributed by atoms with Gasteiger partial charge in [0.25, 0.3) is 5.91 Å². The number of aryl methyl sites for hydroxylation is 1. The molecule has 4 nitrogen and oxygen atoms in total. The molecule has 0 bridgehead atoms. The molecule has 0 radical (unpaired) electrons. The van der Waals surface area contributed by atoms with Crippen LogP contribution in [0.15, 0.2) is 29.4 Å². The number of benzene rings is 1. The zero-order valence-electron chi connectivity index (χ0n) is 16.4. The molecule has 2 rings (SSSR count). The van der Waals surface area contributed by atoms with Crippen molar-refractivity contribution >= 4 is 23.0 Å². The van der Waals surface area contributed by atoms with E-state index in [0.717, 1.165) is 28.1 Å². The second-order valence-corrected chi connectivity index (χ2v) is 8.37. The maximum absolute atomic E-state index is 12.7. The summed E-state index contributed by atoms with van der Waals surface area (Å²) in [5.74, 6) is 0.0562. The van der Waals surface area contributed by atoms with Gasteiger partial charge in [0.05, 0.1) is 16.2 Å². The van der Waals surface area contributed by atoms with Crippen molar-refractivity contribution in [1.29, 1.82) is 0 Å². The normalized spacial score (nSPS) is 12.1. The number of phenolic OH excluding ortho intramolecular Hbond substituents is 1. The number of nitrogens with one attached hydrogen (secondary N) is 1. The maximum Gasteiger partial charge on any atom is 0.275 e. The lowest BCUT2D eigenvalue weighted by Gasteiger charge is -2.16. The summed E-state index contributed by atoms with van der Waals surface area (Å²) in [5, 5.41) is 14.9. The highest BCUT2D eigenvalue weighted by atomic mass is 32.1. The van der Waals surface area contributed by atoms with Gasteiger partial charge < -0.3 is 5.11 Å². The van der Waals surface area contributed by atoms with Gasteiger partial charge in [-0.2, -0.15) is 5.10 Å². The van der Waals surface area contributed by atoms with E-state index in [1.54, 1.807) is 17.4 Å². The minimum Gasteiger partial charge on any atom is -0.507 e. The predicted octanol–water partition coefficient (Wildman–Crippen LogP) is 5.55. The summed E-state index contributed by atoms with van der Waals surface area (Å²) in [6, 6.07) is 7.80. The van der Waals surface area contributed by atoms with Crippen LogP contribution in [0, 0.1) is 6.92 Å². The minimum atomic E-state index is -0.383. The smallest absolute Gasteiger partial charge is 0.275 e. The number of phenols is 1. The Morgan fingerprint density at radius 1 is 1.19 bits per heavy atom. The molecule has 26 heavy (non-hydrogen) atoms. The Bertz CT molecular complexity index is 819. The average molecular weight is 373 g/mol. The third-order valence-corrected chi connectivity index (χ3v) is 5.40. The summed E-state index contributed by atoms with van der Waals surface area (Å²) in [6.45, 7) is 12.2. The topological polar surface area (TPSA) is 61.7 Å². The van der Waals surface area contributed by atoms with Gasteiger partial charge in [0, 0.05) is 4.88 Å². The van der Waals surface area contributed by atoms with Crippen molar-refractivity contribution in [2.24, 2.45) is 5.10 Å². The van der Waals surface area contributed by atoms with E-state index in [1.165, 1.54) is 4.88 Å². The molecule has 1 amide bonds. The van der Waals surface area contributed by atoms with Crippen LogP contribution in [0.4, 0.5) is 0 Å². The SMILES string of the molecule is CC/C(=N\NC(=O)c1cc(C(C)C)cc(C(C)C)c1O)c1ccc(C)s1. The van der Waals surface area contributed by atoms with Crippen molar-refractivity contribution in [3.63, 3.8) is 0 Å². The van der Waals surface area contributed by atoms with Crippen LogP contribution in [0.1, 0.15) is 84.1 Å². The third kappa shape index (κ3) is 4.52. The molecule has 0 spiro atoms. The van der Waals surface area contributed by atoms with E-state index in [1.807, 2.05) is 45.9 Å². The van der Waals surface area contributed by atoms with Crippen LogP contribution in [0.3, 0.4) is 0 Å². The third-order valence-electron chi connectivity index (χ3n) is 4.35. The summed E-state index contributed by atoms with van der Waals surface area (Å²) >= 11 is 1.65. The molecule has 0 aliphatic heterocycles. The molecule has 0 fully saturated rings. The Labute approximate surface area is 160 Å². The fraction of sp³-hybridized carbons (Fsp3) is 0.429. The molecular weight excluding hydrogens is 344 g/mol. The monoisotopic (exact) mass is 372 g/mol. The maximum atomic E-state index is 12.7. The Balaban J connectivity index is 2.35. The molecule has 0 atom stereocenters. The lowest BCUT2D eigenvalue weighted by molar-refractivity contribution is 0.0952. The first kappa shape index (κ1) is 20.2. The summed E-state index contributed by atoms with van der Waals surface area (Å²) in [5.41, 5.74) is 5.56. The summed E-state index contributed by atoms with van der Waals surface area (Å²) in [6.07, 6.45) is 0.718. The number of hydrogen-bond donors (Lipinski definition) is 2. The Hall–Kier alpha value is -2.14. The van der Waals surface area contributed by atoms with Gasteiger partial charge in [0.1, 0.15) is 5.75 Å². The first-order valence-electron chi connectivity index (χ1n) is 9.05. The van der Waals surface area contributed by atoms with Crippen molar-refractivity contribution in [2.45, 2.75) is 59.8 Å². The summed E-state index contributed by atoms with van der Waals surface area (Å²) in [4.78, 5) is 15.0. The number of carbonyl (C=O) groups excluding carboxylic acids is 1. The van der Waals surface area contributed by atoms with Gasteiger partial charge in [-0.15, -0.1) is 11.3 Å². The fourth-order valence-corrected chi connectivity index (χ4v) is 3.63. The molecule has 2 N–H and O–H groups in total. The molecule has 0 saturated carbocycles. The van der Waals surface area contributed by atoms with E-state index in [9.17, 15) is 9.90 Å². The molecule has 0 aliphatic carbocycles. The van der Waals surface area contributed by atoms with Crippen molar-refractivity contribution in [3.05, 3.63) is 50.7 Å². The molecule has 0 saturated heterocycles. The number of carbonyl (C=O) groups is 1. The average Bonchev–Trinajstić information content (AvgIpc) is 3.01. The van der Waals surface area contributed by atoms with E-state index >= 15 is 0 Å². The lowest BCUT2D eigenvalue weighted by Crippen LogP contribution is -2.20. The molecule has 1 aromatic carbocycles. The number of nitrogens with zero attached hydrogens (tertiary/aromatic N) is 1. The van der Waals surface area contributed by atoms with Crippen LogP contribution in [-0.2, 0) is 0 Å². The molecule has 0 aliphatic rings. The van der Waals surface area contributed by atoms with Gasteiger partial charge in [-0.1, -0.05) is 40.7 Å². The standard InChI is InChI=1S/C21H28N2O2S/c1-7-18(19-9-8-14(6)26-19)22-23-21(25)17-11-15(12(2)3)10-16(13(4)5)20(17)24/h8-13,24H,7H2,1-6H3,(H,23,25)/b22-18+. The molecule has 2 aromatic rings. The van der Waals surface area contributed by atoms with Gasteiger partial charge in [0.2, 0.25) is 0 Å². The van der Waals surface area contributed by atoms with Gasteiger partial charge in [-0.25, -0.2) is 5.43 Å². The first-order valence-corrected chi connectivity index (χ1v) is 9.86. The number of aromatic hydroxyl groups is 1. The van der Waals surface area contributed by atoms with E-state index in [-0.39, 0.29) is 29.1 Å². The van der Waals surface area contributed by atoms with Crippen LogP contribution in [0.2, 0.25) is 0 Å². The zero-order chi connectivity index (χ0) is 19.4. The number of amides is 1. The van der Waals surface area contributed by atoms with Crippen molar-refractivity contribution in [3.8, 4) is 5.75 Å². The van der Waals surface area contributed by atoms with E-state index in [2.05, 4.69) is 24.4 Å². The predicted molar refractivity (Wildman–Crippen MR) is 110 cm³/mol. The van der Waals surface area contributed by atoms with E-state index < -0.39 is 0 Å². The molecule has 1 heterocycles. The highest BCUT2D eigenvalue weighted by molar-refractivity contribution is 7.14. The van der Waals surface area contributed by atoms with Gasteiger partial charge >= 0.3 is 0 Å². The molecule has 1 aromatic heterocycles. The lowest BCUT2D eigenvalue weighted by atomic mass is 9.92. The fourth-order valence-electron chi connectivity index (χ4n) is 2.70. The highest BCUT2D eigenvalue weighted by Gasteiger charge is 2.19. The van der Waals surface area contributed by atoms with Crippen LogP contribution in [0.25, 0.3) is 0 Å². The summed E-state index contributed by atoms with van der Waals surface area (Å²) in [7, 11) is 0. The quantitative estimate of drug-likeness (QED) is 0.515.